The lowest BCUT2D eigenvalue weighted by atomic mass is 10.3. The van der Waals surface area contributed by atoms with Gasteiger partial charge in [-0.1, -0.05) is 6.07 Å². The van der Waals surface area contributed by atoms with E-state index in [2.05, 4.69) is 10.3 Å². The van der Waals surface area contributed by atoms with E-state index < -0.39 is 0 Å². The maximum atomic E-state index is 9.82. The predicted octanol–water partition coefficient (Wildman–Crippen LogP) is 0.337. The summed E-state index contributed by atoms with van der Waals surface area (Å²) in [4.78, 5) is 13.7. The van der Waals surface area contributed by atoms with Crippen molar-refractivity contribution in [2.45, 2.75) is 0 Å². The average Bonchev–Trinajstić information content (AvgIpc) is 2.03. The van der Waals surface area contributed by atoms with Crippen molar-refractivity contribution in [3.63, 3.8) is 0 Å². The Hall–Kier alpha value is -1.38. The van der Waals surface area contributed by atoms with Crippen LogP contribution in [-0.2, 0) is 4.79 Å². The van der Waals surface area contributed by atoms with Gasteiger partial charge in [0, 0.05) is 12.4 Å². The van der Waals surface area contributed by atoms with Gasteiger partial charge < -0.3 is 5.32 Å². The van der Waals surface area contributed by atoms with Gasteiger partial charge in [-0.25, -0.2) is 0 Å². The molecule has 0 bridgehead atoms. The molecule has 1 radical (unpaired) electrons. The second-order valence-electron chi connectivity index (χ2n) is 1.72. The zero-order valence-corrected chi connectivity index (χ0v) is 5.32. The van der Waals surface area contributed by atoms with Crippen LogP contribution < -0.4 is 5.32 Å². The molecule has 1 aromatic heterocycles. The molecule has 3 heteroatoms. The standard InChI is InChI=1S/C7H7N2O/c10-6-9-5-7-2-1-3-8-4-7/h1-6H,(H,9,10). The van der Waals surface area contributed by atoms with Crippen LogP contribution in [0.3, 0.4) is 0 Å². The van der Waals surface area contributed by atoms with E-state index in [4.69, 9.17) is 0 Å². The Labute approximate surface area is 59.1 Å². The number of pyridine rings is 1. The second kappa shape index (κ2) is 3.61. The summed E-state index contributed by atoms with van der Waals surface area (Å²) in [7, 11) is 0. The lowest BCUT2D eigenvalue weighted by molar-refractivity contribution is -0.108. The smallest absolute Gasteiger partial charge is 0.207 e. The molecule has 0 unspecified atom stereocenters. The maximum absolute atomic E-state index is 9.82. The minimum atomic E-state index is 0.618. The van der Waals surface area contributed by atoms with E-state index in [0.29, 0.717) is 6.41 Å². The molecule has 1 amide bonds. The summed E-state index contributed by atoms with van der Waals surface area (Å²) in [6.45, 7) is 1.58. The predicted molar refractivity (Wildman–Crippen MR) is 36.8 cm³/mol. The van der Waals surface area contributed by atoms with Gasteiger partial charge in [0.25, 0.3) is 0 Å². The molecular weight excluding hydrogens is 128 g/mol. The Balaban J connectivity index is 2.50. The number of carbonyl (C=O) groups is 1. The third-order valence-electron chi connectivity index (χ3n) is 1.00. The number of nitrogens with one attached hydrogen (secondary N) is 1. The molecule has 1 aromatic rings. The van der Waals surface area contributed by atoms with Crippen LogP contribution in [0, 0.1) is 6.54 Å². The van der Waals surface area contributed by atoms with Crippen molar-refractivity contribution >= 4 is 6.41 Å². The molecule has 51 valence electrons. The first kappa shape index (κ1) is 6.74. The normalized spacial score (nSPS) is 8.80. The zero-order valence-electron chi connectivity index (χ0n) is 5.32. The number of amides is 1. The van der Waals surface area contributed by atoms with Gasteiger partial charge in [0.05, 0.1) is 6.54 Å². The van der Waals surface area contributed by atoms with Crippen molar-refractivity contribution in [1.82, 2.24) is 10.3 Å². The summed E-state index contributed by atoms with van der Waals surface area (Å²) < 4.78 is 0. The lowest BCUT2D eigenvalue weighted by Crippen LogP contribution is -2.06. The maximum Gasteiger partial charge on any atom is 0.207 e. The fourth-order valence-corrected chi connectivity index (χ4v) is 0.592. The second-order valence-corrected chi connectivity index (χ2v) is 1.72. The van der Waals surface area contributed by atoms with E-state index in [0.717, 1.165) is 5.56 Å². The molecular formula is C7H7N2O. The first-order valence-electron chi connectivity index (χ1n) is 2.86. The number of aromatic nitrogens is 1. The molecule has 0 aliphatic rings. The first-order valence-corrected chi connectivity index (χ1v) is 2.86. The molecule has 10 heavy (non-hydrogen) atoms. The van der Waals surface area contributed by atoms with E-state index >= 15 is 0 Å². The molecule has 0 saturated carbocycles. The fourth-order valence-electron chi connectivity index (χ4n) is 0.592. The summed E-state index contributed by atoms with van der Waals surface area (Å²) in [5.41, 5.74) is 0.884. The van der Waals surface area contributed by atoms with Crippen LogP contribution in [0.25, 0.3) is 0 Å². The van der Waals surface area contributed by atoms with Crippen LogP contribution in [0.1, 0.15) is 5.56 Å². The number of carbonyl (C=O) groups excluding carboxylic acids is 1. The van der Waals surface area contributed by atoms with E-state index in [9.17, 15) is 4.79 Å². The highest BCUT2D eigenvalue weighted by atomic mass is 16.1. The van der Waals surface area contributed by atoms with Crippen molar-refractivity contribution < 1.29 is 4.79 Å². The molecule has 0 atom stereocenters. The third kappa shape index (κ3) is 1.85. The average molecular weight is 135 g/mol. The topological polar surface area (TPSA) is 42.0 Å². The Morgan fingerprint density at radius 1 is 1.60 bits per heavy atom. The highest BCUT2D eigenvalue weighted by molar-refractivity contribution is 5.48. The minimum Gasteiger partial charge on any atom is -0.349 e. The Kier molecular flexibility index (Phi) is 2.43. The van der Waals surface area contributed by atoms with E-state index in [1.54, 1.807) is 25.0 Å². The van der Waals surface area contributed by atoms with Crippen molar-refractivity contribution in [3.05, 3.63) is 36.6 Å². The summed E-state index contributed by atoms with van der Waals surface area (Å²) >= 11 is 0. The highest BCUT2D eigenvalue weighted by Crippen LogP contribution is 1.94. The van der Waals surface area contributed by atoms with Gasteiger partial charge in [-0.3, -0.25) is 9.78 Å². The van der Waals surface area contributed by atoms with Crippen LogP contribution in [0.5, 0.6) is 0 Å². The summed E-state index contributed by atoms with van der Waals surface area (Å²) in [6, 6.07) is 3.65. The summed E-state index contributed by atoms with van der Waals surface area (Å²) in [6.07, 6.45) is 3.96. The number of hydrogen-bond donors (Lipinski definition) is 1. The first-order chi connectivity index (χ1) is 4.93. The minimum absolute atomic E-state index is 0.618. The molecule has 3 nitrogen and oxygen atoms in total. The van der Waals surface area contributed by atoms with Gasteiger partial charge in [-0.05, 0) is 11.6 Å². The number of rotatable bonds is 3. The summed E-state index contributed by atoms with van der Waals surface area (Å²) in [5, 5.41) is 2.42. The Morgan fingerprint density at radius 3 is 3.10 bits per heavy atom. The summed E-state index contributed by atoms with van der Waals surface area (Å²) in [5.74, 6) is 0. The van der Waals surface area contributed by atoms with Gasteiger partial charge in [0.2, 0.25) is 6.41 Å². The molecule has 0 aromatic carbocycles. The monoisotopic (exact) mass is 135 g/mol. The van der Waals surface area contributed by atoms with Crippen LogP contribution >= 0.6 is 0 Å². The largest absolute Gasteiger partial charge is 0.349 e. The molecule has 1 N–H and O–H groups in total. The number of hydrogen-bond acceptors (Lipinski definition) is 2. The SMILES string of the molecule is O=CN[CH]c1cccnc1. The van der Waals surface area contributed by atoms with Crippen molar-refractivity contribution in [1.29, 1.82) is 0 Å². The fraction of sp³-hybridized carbons (Fsp3) is 0. The van der Waals surface area contributed by atoms with Gasteiger partial charge >= 0.3 is 0 Å². The van der Waals surface area contributed by atoms with E-state index in [-0.39, 0.29) is 0 Å². The lowest BCUT2D eigenvalue weighted by Gasteiger charge is -1.94. The van der Waals surface area contributed by atoms with Gasteiger partial charge in [0.1, 0.15) is 0 Å². The van der Waals surface area contributed by atoms with Crippen LogP contribution in [0.15, 0.2) is 24.5 Å². The van der Waals surface area contributed by atoms with Gasteiger partial charge in [-0.15, -0.1) is 0 Å². The Morgan fingerprint density at radius 2 is 2.50 bits per heavy atom. The molecule has 0 fully saturated rings. The van der Waals surface area contributed by atoms with E-state index in [1.165, 1.54) is 0 Å². The Bertz CT molecular complexity index is 198. The molecule has 0 saturated heterocycles. The third-order valence-corrected chi connectivity index (χ3v) is 1.00. The van der Waals surface area contributed by atoms with Crippen LogP contribution in [-0.4, -0.2) is 11.4 Å². The van der Waals surface area contributed by atoms with Crippen LogP contribution in [0.2, 0.25) is 0 Å². The van der Waals surface area contributed by atoms with Gasteiger partial charge in [0.15, 0.2) is 0 Å². The molecule has 0 aliphatic carbocycles. The van der Waals surface area contributed by atoms with Crippen molar-refractivity contribution in [3.8, 4) is 0 Å². The molecule has 1 rings (SSSR count). The molecule has 0 spiro atoms. The highest BCUT2D eigenvalue weighted by Gasteiger charge is 1.87. The van der Waals surface area contributed by atoms with Gasteiger partial charge in [-0.2, -0.15) is 0 Å². The van der Waals surface area contributed by atoms with Crippen molar-refractivity contribution in [2.24, 2.45) is 0 Å². The van der Waals surface area contributed by atoms with E-state index in [1.807, 2.05) is 6.07 Å². The van der Waals surface area contributed by atoms with Crippen LogP contribution in [0.4, 0.5) is 0 Å². The van der Waals surface area contributed by atoms with Crippen molar-refractivity contribution in [2.75, 3.05) is 0 Å². The number of nitrogens with zero attached hydrogens (tertiary/aromatic N) is 1. The molecule has 1 heterocycles. The molecule has 0 aliphatic heterocycles. The zero-order chi connectivity index (χ0) is 7.23. The quantitative estimate of drug-likeness (QED) is 0.607.